The summed E-state index contributed by atoms with van der Waals surface area (Å²) in [6.45, 7) is 4.19. The highest BCUT2D eigenvalue weighted by atomic mass is 16.1. The van der Waals surface area contributed by atoms with E-state index >= 15 is 0 Å². The monoisotopic (exact) mass is 250 g/mol. The van der Waals surface area contributed by atoms with E-state index in [1.807, 2.05) is 16.8 Å². The second-order valence-electron chi connectivity index (χ2n) is 4.77. The van der Waals surface area contributed by atoms with Gasteiger partial charge in [0.05, 0.1) is 5.69 Å². The molecule has 0 atom stereocenters. The summed E-state index contributed by atoms with van der Waals surface area (Å²) in [4.78, 5) is 15.3. The number of fused-ring (bicyclic) bond motifs is 1. The van der Waals surface area contributed by atoms with E-state index < -0.39 is 0 Å². The maximum atomic E-state index is 10.8. The van der Waals surface area contributed by atoms with Gasteiger partial charge in [0.2, 0.25) is 0 Å². The van der Waals surface area contributed by atoms with Crippen molar-refractivity contribution in [3.8, 4) is 11.3 Å². The number of pyridine rings is 1. The lowest BCUT2D eigenvalue weighted by atomic mass is 10.1. The van der Waals surface area contributed by atoms with Crippen molar-refractivity contribution in [1.29, 1.82) is 0 Å². The second-order valence-corrected chi connectivity index (χ2v) is 4.77. The van der Waals surface area contributed by atoms with Gasteiger partial charge in [-0.15, -0.1) is 0 Å². The Hall–Kier alpha value is -2.42. The Bertz CT molecular complexity index is 772. The van der Waals surface area contributed by atoms with Gasteiger partial charge in [-0.05, 0) is 43.2 Å². The van der Waals surface area contributed by atoms with Crippen molar-refractivity contribution in [3.05, 3.63) is 59.4 Å². The number of hydrogen-bond donors (Lipinski definition) is 0. The molecular weight excluding hydrogens is 236 g/mol. The summed E-state index contributed by atoms with van der Waals surface area (Å²) in [5, 5.41) is 0. The summed E-state index contributed by atoms with van der Waals surface area (Å²) >= 11 is 0. The van der Waals surface area contributed by atoms with Crippen molar-refractivity contribution in [2.75, 3.05) is 0 Å². The molecule has 0 fully saturated rings. The highest BCUT2D eigenvalue weighted by Crippen LogP contribution is 2.22. The van der Waals surface area contributed by atoms with Gasteiger partial charge in [0, 0.05) is 23.5 Å². The summed E-state index contributed by atoms with van der Waals surface area (Å²) < 4.78 is 1.93. The molecule has 0 saturated heterocycles. The van der Waals surface area contributed by atoms with E-state index in [9.17, 15) is 4.79 Å². The van der Waals surface area contributed by atoms with Crippen LogP contribution >= 0.6 is 0 Å². The average molecular weight is 250 g/mol. The first-order valence-corrected chi connectivity index (χ1v) is 6.19. The molecule has 1 aromatic carbocycles. The molecule has 3 heteroatoms. The maximum Gasteiger partial charge on any atom is 0.150 e. The van der Waals surface area contributed by atoms with Crippen molar-refractivity contribution in [1.82, 2.24) is 9.38 Å². The minimum absolute atomic E-state index is 0.643. The number of aryl methyl sites for hydroxylation is 2. The van der Waals surface area contributed by atoms with Crippen molar-refractivity contribution < 1.29 is 4.79 Å². The number of carbonyl (C=O) groups is 1. The molecule has 2 heterocycles. The molecule has 3 rings (SSSR count). The predicted molar refractivity (Wildman–Crippen MR) is 75.5 cm³/mol. The standard InChI is InChI=1S/C16H14N2O/c1-11-3-4-14(7-12(11)2)15-9-18-6-5-13(10-19)8-16(18)17-15/h3-10H,1-2H3. The van der Waals surface area contributed by atoms with Gasteiger partial charge in [-0.1, -0.05) is 12.1 Å². The van der Waals surface area contributed by atoms with Crippen LogP contribution in [0.15, 0.2) is 42.7 Å². The third-order valence-corrected chi connectivity index (χ3v) is 3.42. The first-order valence-electron chi connectivity index (χ1n) is 6.19. The van der Waals surface area contributed by atoms with Gasteiger partial charge in [0.1, 0.15) is 11.9 Å². The van der Waals surface area contributed by atoms with Gasteiger partial charge in [-0.25, -0.2) is 4.98 Å². The Morgan fingerprint density at radius 3 is 2.68 bits per heavy atom. The van der Waals surface area contributed by atoms with E-state index in [0.717, 1.165) is 23.2 Å². The summed E-state index contributed by atoms with van der Waals surface area (Å²) in [6.07, 6.45) is 4.68. The van der Waals surface area contributed by atoms with Crippen molar-refractivity contribution >= 4 is 11.9 Å². The smallest absolute Gasteiger partial charge is 0.150 e. The number of rotatable bonds is 2. The highest BCUT2D eigenvalue weighted by Gasteiger charge is 2.06. The minimum atomic E-state index is 0.643. The molecule has 0 bridgehead atoms. The fourth-order valence-corrected chi connectivity index (χ4v) is 2.11. The van der Waals surface area contributed by atoms with Crippen LogP contribution < -0.4 is 0 Å². The normalized spacial score (nSPS) is 10.8. The fourth-order valence-electron chi connectivity index (χ4n) is 2.11. The molecular formula is C16H14N2O. The number of hydrogen-bond acceptors (Lipinski definition) is 2. The van der Waals surface area contributed by atoms with Crippen molar-refractivity contribution in [2.24, 2.45) is 0 Å². The van der Waals surface area contributed by atoms with Crippen LogP contribution in [0.3, 0.4) is 0 Å². The van der Waals surface area contributed by atoms with Crippen LogP contribution in [0.25, 0.3) is 16.9 Å². The third kappa shape index (κ3) is 2.03. The van der Waals surface area contributed by atoms with E-state index in [2.05, 4.69) is 37.0 Å². The summed E-state index contributed by atoms with van der Waals surface area (Å²) in [5.74, 6) is 0. The molecule has 0 unspecified atom stereocenters. The summed E-state index contributed by atoms with van der Waals surface area (Å²) in [7, 11) is 0. The van der Waals surface area contributed by atoms with Gasteiger partial charge in [-0.3, -0.25) is 4.79 Å². The van der Waals surface area contributed by atoms with Crippen LogP contribution in [0.2, 0.25) is 0 Å². The highest BCUT2D eigenvalue weighted by molar-refractivity contribution is 5.77. The molecule has 2 aromatic heterocycles. The Kier molecular flexibility index (Phi) is 2.67. The minimum Gasteiger partial charge on any atom is -0.306 e. The molecule has 19 heavy (non-hydrogen) atoms. The van der Waals surface area contributed by atoms with E-state index in [0.29, 0.717) is 5.56 Å². The first-order chi connectivity index (χ1) is 9.17. The van der Waals surface area contributed by atoms with Gasteiger partial charge < -0.3 is 4.40 Å². The predicted octanol–water partition coefficient (Wildman–Crippen LogP) is 3.43. The fraction of sp³-hybridized carbons (Fsp3) is 0.125. The Morgan fingerprint density at radius 2 is 1.95 bits per heavy atom. The molecule has 0 amide bonds. The molecule has 3 aromatic rings. The molecule has 0 spiro atoms. The first kappa shape index (κ1) is 11.7. The second kappa shape index (κ2) is 4.35. The molecule has 3 nitrogen and oxygen atoms in total. The quantitative estimate of drug-likeness (QED) is 0.653. The van der Waals surface area contributed by atoms with E-state index in [-0.39, 0.29) is 0 Å². The number of benzene rings is 1. The van der Waals surface area contributed by atoms with E-state index in [4.69, 9.17) is 0 Å². The van der Waals surface area contributed by atoms with Crippen LogP contribution in [-0.2, 0) is 0 Å². The Morgan fingerprint density at radius 1 is 1.11 bits per heavy atom. The number of aldehydes is 1. The third-order valence-electron chi connectivity index (χ3n) is 3.42. The number of carbonyl (C=O) groups excluding carboxylic acids is 1. The topological polar surface area (TPSA) is 34.4 Å². The van der Waals surface area contributed by atoms with Crippen molar-refractivity contribution in [3.63, 3.8) is 0 Å². The molecule has 0 aliphatic carbocycles. The van der Waals surface area contributed by atoms with Gasteiger partial charge in [0.25, 0.3) is 0 Å². The van der Waals surface area contributed by atoms with Crippen LogP contribution in [0, 0.1) is 13.8 Å². The lowest BCUT2D eigenvalue weighted by Gasteiger charge is -2.01. The van der Waals surface area contributed by atoms with Crippen LogP contribution in [-0.4, -0.2) is 15.7 Å². The molecule has 94 valence electrons. The van der Waals surface area contributed by atoms with Crippen LogP contribution in [0.5, 0.6) is 0 Å². The van der Waals surface area contributed by atoms with E-state index in [1.54, 1.807) is 12.1 Å². The lowest BCUT2D eigenvalue weighted by molar-refractivity contribution is 0.112. The SMILES string of the molecule is Cc1ccc(-c2cn3ccc(C=O)cc3n2)cc1C. The maximum absolute atomic E-state index is 10.8. The molecule has 0 N–H and O–H groups in total. The van der Waals surface area contributed by atoms with E-state index in [1.165, 1.54) is 11.1 Å². The lowest BCUT2D eigenvalue weighted by Crippen LogP contribution is -1.85. The largest absolute Gasteiger partial charge is 0.306 e. The zero-order chi connectivity index (χ0) is 13.4. The van der Waals surface area contributed by atoms with Gasteiger partial charge >= 0.3 is 0 Å². The van der Waals surface area contributed by atoms with Crippen LogP contribution in [0.1, 0.15) is 21.5 Å². The van der Waals surface area contributed by atoms with Crippen molar-refractivity contribution in [2.45, 2.75) is 13.8 Å². The average Bonchev–Trinajstić information content (AvgIpc) is 2.84. The number of aromatic nitrogens is 2. The molecule has 0 radical (unpaired) electrons. The molecule has 0 saturated carbocycles. The summed E-state index contributed by atoms with van der Waals surface area (Å²) in [5.41, 5.74) is 5.98. The number of nitrogens with zero attached hydrogens (tertiary/aromatic N) is 2. The summed E-state index contributed by atoms with van der Waals surface area (Å²) in [6, 6.07) is 9.89. The molecule has 0 aliphatic rings. The number of imidazole rings is 1. The molecule has 0 aliphatic heterocycles. The zero-order valence-electron chi connectivity index (χ0n) is 10.9. The van der Waals surface area contributed by atoms with Crippen LogP contribution in [0.4, 0.5) is 0 Å². The Labute approximate surface area is 111 Å². The zero-order valence-corrected chi connectivity index (χ0v) is 10.9. The Balaban J connectivity index is 2.14. The van der Waals surface area contributed by atoms with Gasteiger partial charge in [0.15, 0.2) is 0 Å². The van der Waals surface area contributed by atoms with Gasteiger partial charge in [-0.2, -0.15) is 0 Å².